The third-order valence-corrected chi connectivity index (χ3v) is 3.61. The highest BCUT2D eigenvalue weighted by molar-refractivity contribution is 6.12. The molecule has 0 heterocycles. The molecule has 2 heteroatoms. The third-order valence-electron chi connectivity index (χ3n) is 3.61. The van der Waals surface area contributed by atoms with Crippen molar-refractivity contribution < 1.29 is 4.74 Å². The molecule has 2 nitrogen and oxygen atoms in total. The van der Waals surface area contributed by atoms with Gasteiger partial charge in [0.15, 0.2) is 0 Å². The maximum Gasteiger partial charge on any atom is 0.0718 e. The Bertz CT molecular complexity index is 546. The molecule has 0 saturated heterocycles. The Balaban J connectivity index is 2.21. The molecule has 0 unspecified atom stereocenters. The summed E-state index contributed by atoms with van der Waals surface area (Å²) >= 11 is 0. The van der Waals surface area contributed by atoms with Gasteiger partial charge in [-0.05, 0) is 27.2 Å². The smallest absolute Gasteiger partial charge is 0.0718 e. The fraction of sp³-hybridized carbons (Fsp3) is 0.350. The molecule has 0 aliphatic heterocycles. The fourth-order valence-corrected chi connectivity index (χ4v) is 2.44. The average Bonchev–Trinajstić information content (AvgIpc) is 2.53. The highest BCUT2D eigenvalue weighted by atomic mass is 16.5. The lowest BCUT2D eigenvalue weighted by molar-refractivity contribution is -0.0140. The number of aliphatic imine (C=N–C) groups is 1. The lowest BCUT2D eigenvalue weighted by Crippen LogP contribution is -2.25. The van der Waals surface area contributed by atoms with Crippen LogP contribution in [0.4, 0.5) is 0 Å². The molecule has 2 aromatic carbocycles. The molecule has 0 fully saturated rings. The molecule has 0 aliphatic rings. The van der Waals surface area contributed by atoms with Gasteiger partial charge in [0.1, 0.15) is 0 Å². The number of benzene rings is 2. The summed E-state index contributed by atoms with van der Waals surface area (Å²) in [7, 11) is 0. The van der Waals surface area contributed by atoms with E-state index in [9.17, 15) is 0 Å². The molecular formula is C20H25NO. The highest BCUT2D eigenvalue weighted by Gasteiger charge is 2.17. The van der Waals surface area contributed by atoms with E-state index in [4.69, 9.17) is 9.73 Å². The fourth-order valence-electron chi connectivity index (χ4n) is 2.44. The van der Waals surface area contributed by atoms with Crippen LogP contribution in [0.5, 0.6) is 0 Å². The Morgan fingerprint density at radius 1 is 0.909 bits per heavy atom. The summed E-state index contributed by atoms with van der Waals surface area (Å²) in [5, 5.41) is 0. The van der Waals surface area contributed by atoms with E-state index in [1.807, 2.05) is 19.1 Å². The summed E-state index contributed by atoms with van der Waals surface area (Å²) in [5.74, 6) is 0. The van der Waals surface area contributed by atoms with Gasteiger partial charge in [0.05, 0.1) is 11.3 Å². The van der Waals surface area contributed by atoms with Gasteiger partial charge in [-0.1, -0.05) is 60.7 Å². The third kappa shape index (κ3) is 4.81. The van der Waals surface area contributed by atoms with E-state index >= 15 is 0 Å². The Hall–Kier alpha value is -1.93. The zero-order valence-corrected chi connectivity index (χ0v) is 13.8. The molecule has 2 rings (SSSR count). The minimum atomic E-state index is -0.128. The lowest BCUT2D eigenvalue weighted by atomic mass is 10.0. The van der Waals surface area contributed by atoms with Crippen molar-refractivity contribution in [2.75, 3.05) is 13.2 Å². The second kappa shape index (κ2) is 7.90. The molecule has 0 atom stereocenters. The molecular weight excluding hydrogens is 270 g/mol. The van der Waals surface area contributed by atoms with Gasteiger partial charge in [-0.2, -0.15) is 0 Å². The van der Waals surface area contributed by atoms with Crippen LogP contribution in [0, 0.1) is 0 Å². The first-order valence-corrected chi connectivity index (χ1v) is 7.91. The summed E-state index contributed by atoms with van der Waals surface area (Å²) in [4.78, 5) is 4.87. The quantitative estimate of drug-likeness (QED) is 0.677. The first-order chi connectivity index (χ1) is 10.6. The Morgan fingerprint density at radius 2 is 1.41 bits per heavy atom. The zero-order chi connectivity index (χ0) is 15.8. The van der Waals surface area contributed by atoms with Crippen LogP contribution < -0.4 is 0 Å². The topological polar surface area (TPSA) is 21.6 Å². The van der Waals surface area contributed by atoms with Crippen molar-refractivity contribution in [1.29, 1.82) is 0 Å². The molecule has 0 bridgehead atoms. The summed E-state index contributed by atoms with van der Waals surface area (Å²) in [6.07, 6.45) is 0.907. The molecule has 0 radical (unpaired) electrons. The summed E-state index contributed by atoms with van der Waals surface area (Å²) in [6.45, 7) is 7.77. The van der Waals surface area contributed by atoms with Gasteiger partial charge in [-0.25, -0.2) is 0 Å². The van der Waals surface area contributed by atoms with Crippen LogP contribution in [-0.4, -0.2) is 24.5 Å². The number of hydrogen-bond acceptors (Lipinski definition) is 2. The van der Waals surface area contributed by atoms with Gasteiger partial charge in [0, 0.05) is 24.3 Å². The molecule has 0 N–H and O–H groups in total. The van der Waals surface area contributed by atoms with Gasteiger partial charge >= 0.3 is 0 Å². The SMILES string of the molecule is CCOC(C)(C)CCN=C(c1ccccc1)c1ccccc1. The standard InChI is InChI=1S/C20H25NO/c1-4-22-20(2,3)15-16-21-19(17-11-7-5-8-12-17)18-13-9-6-10-14-18/h5-14H,4,15-16H2,1-3H3. The van der Waals surface area contributed by atoms with Crippen molar-refractivity contribution in [3.63, 3.8) is 0 Å². The van der Waals surface area contributed by atoms with Crippen molar-refractivity contribution in [2.24, 2.45) is 4.99 Å². The first kappa shape index (κ1) is 16.4. The molecule has 116 valence electrons. The molecule has 0 aliphatic carbocycles. The van der Waals surface area contributed by atoms with Gasteiger partial charge < -0.3 is 4.74 Å². The number of ether oxygens (including phenoxy) is 1. The molecule has 0 spiro atoms. The van der Waals surface area contributed by atoms with E-state index in [0.29, 0.717) is 0 Å². The van der Waals surface area contributed by atoms with Gasteiger partial charge in [-0.3, -0.25) is 4.99 Å². The minimum absolute atomic E-state index is 0.128. The summed E-state index contributed by atoms with van der Waals surface area (Å²) in [5.41, 5.74) is 3.23. The van der Waals surface area contributed by atoms with E-state index < -0.39 is 0 Å². The Kier molecular flexibility index (Phi) is 5.91. The van der Waals surface area contributed by atoms with Crippen molar-refractivity contribution in [1.82, 2.24) is 0 Å². The van der Waals surface area contributed by atoms with Gasteiger partial charge in [0.25, 0.3) is 0 Å². The largest absolute Gasteiger partial charge is 0.376 e. The lowest BCUT2D eigenvalue weighted by Gasteiger charge is -2.23. The predicted octanol–water partition coefficient (Wildman–Crippen LogP) is 4.73. The monoisotopic (exact) mass is 295 g/mol. The average molecular weight is 295 g/mol. The predicted molar refractivity (Wildman–Crippen MR) is 93.7 cm³/mol. The summed E-state index contributed by atoms with van der Waals surface area (Å²) < 4.78 is 5.75. The molecule has 0 aromatic heterocycles. The van der Waals surface area contributed by atoms with Gasteiger partial charge in [-0.15, -0.1) is 0 Å². The maximum absolute atomic E-state index is 5.75. The van der Waals surface area contributed by atoms with Crippen LogP contribution in [0.25, 0.3) is 0 Å². The van der Waals surface area contributed by atoms with Crippen LogP contribution in [0.15, 0.2) is 65.7 Å². The van der Waals surface area contributed by atoms with E-state index in [2.05, 4.69) is 62.4 Å². The Morgan fingerprint density at radius 3 is 1.86 bits per heavy atom. The first-order valence-electron chi connectivity index (χ1n) is 7.91. The van der Waals surface area contributed by atoms with E-state index in [0.717, 1.165) is 36.4 Å². The van der Waals surface area contributed by atoms with Crippen LogP contribution in [0.3, 0.4) is 0 Å². The number of nitrogens with zero attached hydrogens (tertiary/aromatic N) is 1. The van der Waals surface area contributed by atoms with Crippen molar-refractivity contribution in [3.8, 4) is 0 Å². The van der Waals surface area contributed by atoms with Crippen LogP contribution >= 0.6 is 0 Å². The van der Waals surface area contributed by atoms with Crippen molar-refractivity contribution >= 4 is 5.71 Å². The van der Waals surface area contributed by atoms with E-state index in [-0.39, 0.29) is 5.60 Å². The van der Waals surface area contributed by atoms with Crippen LogP contribution in [-0.2, 0) is 4.74 Å². The molecule has 22 heavy (non-hydrogen) atoms. The highest BCUT2D eigenvalue weighted by Crippen LogP contribution is 2.16. The Labute approximate surface area is 133 Å². The second-order valence-corrected chi connectivity index (χ2v) is 5.91. The van der Waals surface area contributed by atoms with E-state index in [1.54, 1.807) is 0 Å². The van der Waals surface area contributed by atoms with Crippen LogP contribution in [0.2, 0.25) is 0 Å². The second-order valence-electron chi connectivity index (χ2n) is 5.91. The number of hydrogen-bond donors (Lipinski definition) is 0. The molecule has 0 amide bonds. The number of rotatable bonds is 7. The summed E-state index contributed by atoms with van der Waals surface area (Å²) in [6, 6.07) is 20.7. The van der Waals surface area contributed by atoms with Crippen LogP contribution in [0.1, 0.15) is 38.3 Å². The maximum atomic E-state index is 5.75. The molecule has 0 saturated carbocycles. The molecule has 2 aromatic rings. The van der Waals surface area contributed by atoms with Gasteiger partial charge in [0.2, 0.25) is 0 Å². The van der Waals surface area contributed by atoms with Crippen molar-refractivity contribution in [3.05, 3.63) is 71.8 Å². The normalized spacial score (nSPS) is 11.2. The van der Waals surface area contributed by atoms with E-state index in [1.165, 1.54) is 0 Å². The van der Waals surface area contributed by atoms with Crippen molar-refractivity contribution in [2.45, 2.75) is 32.8 Å². The zero-order valence-electron chi connectivity index (χ0n) is 13.8. The minimum Gasteiger partial charge on any atom is -0.376 e.